The van der Waals surface area contributed by atoms with E-state index in [0.29, 0.717) is 0 Å². The molecular formula is C17H21N3O2. The maximum absolute atomic E-state index is 11.9. The molecule has 4 N–H and O–H groups in total. The number of rotatable bonds is 6. The van der Waals surface area contributed by atoms with Crippen molar-refractivity contribution in [1.82, 2.24) is 10.3 Å². The van der Waals surface area contributed by atoms with Crippen molar-refractivity contribution >= 4 is 5.91 Å². The van der Waals surface area contributed by atoms with Crippen molar-refractivity contribution in [2.45, 2.75) is 25.5 Å². The number of benzene rings is 1. The lowest BCUT2D eigenvalue weighted by Crippen LogP contribution is -2.42. The Morgan fingerprint density at radius 2 is 2.14 bits per heavy atom. The molecule has 0 aliphatic carbocycles. The van der Waals surface area contributed by atoms with Crippen molar-refractivity contribution in [1.29, 1.82) is 0 Å². The highest BCUT2D eigenvalue weighted by atomic mass is 16.3. The van der Waals surface area contributed by atoms with E-state index >= 15 is 0 Å². The third-order valence-corrected chi connectivity index (χ3v) is 3.37. The number of hydrogen-bond acceptors (Lipinski definition) is 4. The number of hydrogen-bond donors (Lipinski definition) is 3. The van der Waals surface area contributed by atoms with Crippen molar-refractivity contribution < 1.29 is 9.90 Å². The molecule has 116 valence electrons. The van der Waals surface area contributed by atoms with Gasteiger partial charge in [0, 0.05) is 24.3 Å². The van der Waals surface area contributed by atoms with Crippen LogP contribution >= 0.6 is 0 Å². The Morgan fingerprint density at radius 3 is 2.82 bits per heavy atom. The van der Waals surface area contributed by atoms with Crippen molar-refractivity contribution in [2.75, 3.05) is 6.54 Å². The number of aromatic nitrogens is 1. The first kappa shape index (κ1) is 16.1. The van der Waals surface area contributed by atoms with Crippen LogP contribution in [0.5, 0.6) is 0 Å². The Hall–Kier alpha value is -2.24. The lowest BCUT2D eigenvalue weighted by molar-refractivity contribution is -0.120. The van der Waals surface area contributed by atoms with Gasteiger partial charge in [0.25, 0.3) is 0 Å². The van der Waals surface area contributed by atoms with Gasteiger partial charge in [0.05, 0.1) is 18.2 Å². The molecule has 2 atom stereocenters. The van der Waals surface area contributed by atoms with Crippen LogP contribution in [-0.2, 0) is 11.2 Å². The molecule has 5 heteroatoms. The SMILES string of the molecule is CC(N)[C@@H](O)CNC(=O)Cc1cccc(-c2ccccn2)c1. The molecule has 1 heterocycles. The van der Waals surface area contributed by atoms with E-state index in [4.69, 9.17) is 5.73 Å². The zero-order chi connectivity index (χ0) is 15.9. The molecule has 0 bridgehead atoms. The predicted octanol–water partition coefficient (Wildman–Crippen LogP) is 1.12. The van der Waals surface area contributed by atoms with Crippen LogP contribution in [0.4, 0.5) is 0 Å². The van der Waals surface area contributed by atoms with Crippen LogP contribution in [0.3, 0.4) is 0 Å². The van der Waals surface area contributed by atoms with Gasteiger partial charge >= 0.3 is 0 Å². The summed E-state index contributed by atoms with van der Waals surface area (Å²) in [6.45, 7) is 1.86. The molecule has 0 spiro atoms. The number of pyridine rings is 1. The Morgan fingerprint density at radius 1 is 1.32 bits per heavy atom. The summed E-state index contributed by atoms with van der Waals surface area (Å²) < 4.78 is 0. The first-order valence-corrected chi connectivity index (χ1v) is 7.27. The minimum atomic E-state index is -0.733. The number of aliphatic hydroxyl groups excluding tert-OH is 1. The Labute approximate surface area is 130 Å². The van der Waals surface area contributed by atoms with E-state index in [2.05, 4.69) is 10.3 Å². The van der Waals surface area contributed by atoms with E-state index in [0.717, 1.165) is 16.8 Å². The Bertz CT molecular complexity index is 614. The molecule has 22 heavy (non-hydrogen) atoms. The highest BCUT2D eigenvalue weighted by molar-refractivity contribution is 5.79. The van der Waals surface area contributed by atoms with Crippen LogP contribution in [0.25, 0.3) is 11.3 Å². The van der Waals surface area contributed by atoms with Gasteiger partial charge in [-0.15, -0.1) is 0 Å². The molecule has 5 nitrogen and oxygen atoms in total. The Balaban J connectivity index is 1.97. The van der Waals surface area contributed by atoms with Gasteiger partial charge in [-0.2, -0.15) is 0 Å². The lowest BCUT2D eigenvalue weighted by Gasteiger charge is -2.15. The predicted molar refractivity (Wildman–Crippen MR) is 86.0 cm³/mol. The van der Waals surface area contributed by atoms with Gasteiger partial charge < -0.3 is 16.2 Å². The van der Waals surface area contributed by atoms with Gasteiger partial charge in [-0.3, -0.25) is 9.78 Å². The zero-order valence-corrected chi connectivity index (χ0v) is 12.6. The maximum atomic E-state index is 11.9. The molecule has 0 fully saturated rings. The van der Waals surface area contributed by atoms with E-state index in [9.17, 15) is 9.90 Å². The summed E-state index contributed by atoms with van der Waals surface area (Å²) in [7, 11) is 0. The average Bonchev–Trinajstić information content (AvgIpc) is 2.53. The molecule has 2 aromatic rings. The standard InChI is InChI=1S/C17H21N3O2/c1-12(18)16(21)11-20-17(22)10-13-5-4-6-14(9-13)15-7-2-3-8-19-15/h2-9,12,16,21H,10-11,18H2,1H3,(H,20,22)/t12?,16-/m0/s1. The number of carbonyl (C=O) groups excluding carboxylic acids is 1. The molecule has 0 saturated carbocycles. The number of nitrogens with one attached hydrogen (secondary N) is 1. The zero-order valence-electron chi connectivity index (χ0n) is 12.6. The first-order chi connectivity index (χ1) is 10.6. The topological polar surface area (TPSA) is 88.2 Å². The van der Waals surface area contributed by atoms with Crippen LogP contribution in [0.15, 0.2) is 48.7 Å². The molecule has 1 amide bonds. The highest BCUT2D eigenvalue weighted by Gasteiger charge is 2.11. The monoisotopic (exact) mass is 299 g/mol. The fourth-order valence-electron chi connectivity index (χ4n) is 2.03. The van der Waals surface area contributed by atoms with Crippen LogP contribution in [-0.4, -0.2) is 34.7 Å². The van der Waals surface area contributed by atoms with E-state index in [-0.39, 0.29) is 24.9 Å². The summed E-state index contributed by atoms with van der Waals surface area (Å²) >= 11 is 0. The van der Waals surface area contributed by atoms with Gasteiger partial charge in [-0.25, -0.2) is 0 Å². The summed E-state index contributed by atoms with van der Waals surface area (Å²) in [5.74, 6) is -0.141. The summed E-state index contributed by atoms with van der Waals surface area (Å²) in [5.41, 5.74) is 8.30. The second-order valence-electron chi connectivity index (χ2n) is 5.32. The van der Waals surface area contributed by atoms with E-state index in [1.165, 1.54) is 0 Å². The van der Waals surface area contributed by atoms with Crippen LogP contribution in [0.1, 0.15) is 12.5 Å². The largest absolute Gasteiger partial charge is 0.390 e. The number of nitrogens with two attached hydrogens (primary N) is 1. The molecular weight excluding hydrogens is 278 g/mol. The molecule has 0 saturated heterocycles. The van der Waals surface area contributed by atoms with Crippen LogP contribution < -0.4 is 11.1 Å². The molecule has 1 unspecified atom stereocenters. The van der Waals surface area contributed by atoms with Crippen molar-refractivity contribution in [3.05, 3.63) is 54.2 Å². The third kappa shape index (κ3) is 4.65. The summed E-state index contributed by atoms with van der Waals surface area (Å²) in [6, 6.07) is 13.1. The van der Waals surface area contributed by atoms with Gasteiger partial charge in [0.15, 0.2) is 0 Å². The van der Waals surface area contributed by atoms with Crippen LogP contribution in [0.2, 0.25) is 0 Å². The molecule has 0 aliphatic rings. The highest BCUT2D eigenvalue weighted by Crippen LogP contribution is 2.17. The molecule has 0 radical (unpaired) electrons. The van der Waals surface area contributed by atoms with Crippen molar-refractivity contribution in [3.63, 3.8) is 0 Å². The van der Waals surface area contributed by atoms with Gasteiger partial charge in [-0.05, 0) is 30.7 Å². The van der Waals surface area contributed by atoms with Crippen molar-refractivity contribution in [2.24, 2.45) is 5.73 Å². The van der Waals surface area contributed by atoms with Crippen LogP contribution in [0, 0.1) is 0 Å². The summed E-state index contributed by atoms with van der Waals surface area (Å²) in [5, 5.41) is 12.3. The lowest BCUT2D eigenvalue weighted by atomic mass is 10.1. The first-order valence-electron chi connectivity index (χ1n) is 7.27. The quantitative estimate of drug-likeness (QED) is 0.745. The minimum Gasteiger partial charge on any atom is -0.390 e. The van der Waals surface area contributed by atoms with E-state index in [1.807, 2.05) is 42.5 Å². The van der Waals surface area contributed by atoms with E-state index in [1.54, 1.807) is 13.1 Å². The minimum absolute atomic E-state index is 0.141. The van der Waals surface area contributed by atoms with Crippen molar-refractivity contribution in [3.8, 4) is 11.3 Å². The molecule has 1 aromatic carbocycles. The number of carbonyl (C=O) groups is 1. The normalized spacial score (nSPS) is 13.4. The van der Waals surface area contributed by atoms with Gasteiger partial charge in [-0.1, -0.05) is 24.3 Å². The fraction of sp³-hybridized carbons (Fsp3) is 0.294. The maximum Gasteiger partial charge on any atom is 0.224 e. The Kier molecular flexibility index (Phi) is 5.63. The number of aliphatic hydroxyl groups is 1. The molecule has 2 rings (SSSR count). The summed E-state index contributed by atoms with van der Waals surface area (Å²) in [4.78, 5) is 16.2. The van der Waals surface area contributed by atoms with E-state index < -0.39 is 6.10 Å². The average molecular weight is 299 g/mol. The molecule has 1 aromatic heterocycles. The fourth-order valence-corrected chi connectivity index (χ4v) is 2.03. The third-order valence-electron chi connectivity index (χ3n) is 3.37. The summed E-state index contributed by atoms with van der Waals surface area (Å²) in [6.07, 6.45) is 1.26. The second-order valence-corrected chi connectivity index (χ2v) is 5.32. The molecule has 0 aliphatic heterocycles. The van der Waals surface area contributed by atoms with Gasteiger partial charge in [0.2, 0.25) is 5.91 Å². The number of nitrogens with zero attached hydrogens (tertiary/aromatic N) is 1. The van der Waals surface area contributed by atoms with Gasteiger partial charge in [0.1, 0.15) is 0 Å². The number of amides is 1. The smallest absolute Gasteiger partial charge is 0.224 e. The second kappa shape index (κ2) is 7.68.